The maximum atomic E-state index is 12.8. The summed E-state index contributed by atoms with van der Waals surface area (Å²) in [7, 11) is -5.73. The Morgan fingerprint density at radius 2 is 2.00 bits per heavy atom. The number of nitro groups is 1. The van der Waals surface area contributed by atoms with E-state index >= 15 is 0 Å². The van der Waals surface area contributed by atoms with E-state index in [2.05, 4.69) is 10.3 Å². The number of benzene rings is 1. The van der Waals surface area contributed by atoms with Gasteiger partial charge in [-0.1, -0.05) is 6.07 Å². The zero-order valence-electron chi connectivity index (χ0n) is 15.9. The molecule has 0 radical (unpaired) electrons. The second kappa shape index (κ2) is 8.49. The van der Waals surface area contributed by atoms with E-state index in [1.807, 2.05) is 0 Å². The molecule has 1 amide bonds. The molecule has 0 bridgehead atoms. The molecule has 1 unspecified atom stereocenters. The number of pyridine rings is 1. The Balaban J connectivity index is 1.86. The summed E-state index contributed by atoms with van der Waals surface area (Å²) < 4.78 is 61.6. The lowest BCUT2D eigenvalue weighted by molar-refractivity contribution is -0.384. The maximum Gasteiger partial charge on any atom is 0.501 e. The number of halogens is 3. The van der Waals surface area contributed by atoms with Crippen LogP contribution in [0.1, 0.15) is 12.8 Å². The van der Waals surface area contributed by atoms with Gasteiger partial charge in [0.05, 0.1) is 15.7 Å². The number of hydrogen-bond donors (Lipinski definition) is 1. The Labute approximate surface area is 175 Å². The summed E-state index contributed by atoms with van der Waals surface area (Å²) in [6.07, 6.45) is 2.51. The molecule has 1 aromatic heterocycles. The van der Waals surface area contributed by atoms with E-state index in [1.54, 1.807) is 18.2 Å². The Hall–Kier alpha value is -3.22. The number of carbonyl (C=O) groups excluding carboxylic acids is 1. The number of nitrogens with zero attached hydrogens (tertiary/aromatic N) is 3. The summed E-state index contributed by atoms with van der Waals surface area (Å²) in [6.45, 7) is 0.393. The zero-order chi connectivity index (χ0) is 22.8. The third-order valence-corrected chi connectivity index (χ3v) is 6.29. The van der Waals surface area contributed by atoms with Crippen LogP contribution in [0.4, 0.5) is 30.4 Å². The first-order valence-electron chi connectivity index (χ1n) is 9.07. The van der Waals surface area contributed by atoms with Crippen molar-refractivity contribution in [2.75, 3.05) is 23.3 Å². The predicted octanol–water partition coefficient (Wildman–Crippen LogP) is 3.14. The lowest BCUT2D eigenvalue weighted by Gasteiger charge is -2.33. The molecule has 1 fully saturated rings. The number of alkyl halides is 3. The molecule has 166 valence electrons. The highest BCUT2D eigenvalue weighted by Gasteiger charge is 2.47. The third-order valence-electron chi connectivity index (χ3n) is 4.81. The summed E-state index contributed by atoms with van der Waals surface area (Å²) in [6, 6.07) is 7.02. The van der Waals surface area contributed by atoms with Crippen LogP contribution in [-0.4, -0.2) is 42.8 Å². The van der Waals surface area contributed by atoms with Gasteiger partial charge >= 0.3 is 5.51 Å². The summed E-state index contributed by atoms with van der Waals surface area (Å²) >= 11 is 0. The predicted molar refractivity (Wildman–Crippen MR) is 104 cm³/mol. The van der Waals surface area contributed by atoms with Crippen molar-refractivity contribution in [2.45, 2.75) is 23.2 Å². The van der Waals surface area contributed by atoms with Crippen LogP contribution >= 0.6 is 0 Å². The molecule has 0 saturated carbocycles. The van der Waals surface area contributed by atoms with Gasteiger partial charge in [-0.3, -0.25) is 14.9 Å². The molecule has 3 rings (SSSR count). The van der Waals surface area contributed by atoms with E-state index in [9.17, 15) is 36.5 Å². The first-order chi connectivity index (χ1) is 14.5. The van der Waals surface area contributed by atoms with Gasteiger partial charge in [0, 0.05) is 25.4 Å². The normalized spacial score (nSPS) is 17.3. The van der Waals surface area contributed by atoms with Crippen molar-refractivity contribution in [2.24, 2.45) is 5.92 Å². The molecule has 1 aliphatic rings. The summed E-state index contributed by atoms with van der Waals surface area (Å²) in [5, 5.41) is 14.1. The molecule has 1 aromatic carbocycles. The number of hydrogen-bond acceptors (Lipinski definition) is 7. The molecule has 0 aliphatic carbocycles. The van der Waals surface area contributed by atoms with Crippen LogP contribution in [0.3, 0.4) is 0 Å². The van der Waals surface area contributed by atoms with Crippen molar-refractivity contribution >= 4 is 32.9 Å². The van der Waals surface area contributed by atoms with Crippen molar-refractivity contribution in [3.8, 4) is 0 Å². The van der Waals surface area contributed by atoms with Crippen LogP contribution < -0.4 is 10.2 Å². The highest BCUT2D eigenvalue weighted by Crippen LogP contribution is 2.37. The second-order valence-electron chi connectivity index (χ2n) is 6.85. The topological polar surface area (TPSA) is 123 Å². The minimum Gasteiger partial charge on any atom is -0.365 e. The monoisotopic (exact) mass is 458 g/mol. The fourth-order valence-corrected chi connectivity index (χ4v) is 4.07. The molecule has 31 heavy (non-hydrogen) atoms. The van der Waals surface area contributed by atoms with Crippen LogP contribution in [0.2, 0.25) is 0 Å². The van der Waals surface area contributed by atoms with Crippen molar-refractivity contribution in [1.82, 2.24) is 4.98 Å². The van der Waals surface area contributed by atoms with Crippen molar-refractivity contribution in [3.63, 3.8) is 0 Å². The fraction of sp³-hybridized carbons (Fsp3) is 0.333. The number of anilines is 2. The van der Waals surface area contributed by atoms with E-state index in [1.165, 1.54) is 11.1 Å². The average molecular weight is 458 g/mol. The largest absolute Gasteiger partial charge is 0.501 e. The molecule has 2 aromatic rings. The minimum atomic E-state index is -5.73. The molecule has 0 spiro atoms. The first kappa shape index (κ1) is 22.5. The van der Waals surface area contributed by atoms with Gasteiger partial charge in [0.15, 0.2) is 0 Å². The fourth-order valence-electron chi connectivity index (χ4n) is 3.29. The maximum absolute atomic E-state index is 12.8. The van der Waals surface area contributed by atoms with Crippen molar-refractivity contribution in [3.05, 3.63) is 52.7 Å². The first-order valence-corrected chi connectivity index (χ1v) is 10.6. The van der Waals surface area contributed by atoms with E-state index in [0.29, 0.717) is 37.3 Å². The van der Waals surface area contributed by atoms with Gasteiger partial charge in [-0.2, -0.15) is 13.2 Å². The van der Waals surface area contributed by atoms with Gasteiger partial charge in [0.2, 0.25) is 5.91 Å². The zero-order valence-corrected chi connectivity index (χ0v) is 16.7. The minimum absolute atomic E-state index is 0.0542. The van der Waals surface area contributed by atoms with E-state index in [-0.39, 0.29) is 18.1 Å². The molecule has 13 heteroatoms. The molecule has 1 aliphatic heterocycles. The van der Waals surface area contributed by atoms with Gasteiger partial charge in [0.1, 0.15) is 11.5 Å². The Bertz CT molecular complexity index is 1090. The number of sulfone groups is 1. The Kier molecular flexibility index (Phi) is 6.15. The van der Waals surface area contributed by atoms with Crippen LogP contribution in [0, 0.1) is 16.0 Å². The average Bonchev–Trinajstić information content (AvgIpc) is 2.73. The number of rotatable bonds is 5. The highest BCUT2D eigenvalue weighted by molar-refractivity contribution is 7.92. The number of nitro benzene ring substituents is 1. The summed E-state index contributed by atoms with van der Waals surface area (Å²) in [4.78, 5) is 27.3. The molecule has 9 nitrogen and oxygen atoms in total. The van der Waals surface area contributed by atoms with Gasteiger partial charge < -0.3 is 10.2 Å². The van der Waals surface area contributed by atoms with E-state index in [0.717, 1.165) is 6.07 Å². The molecule has 2 heterocycles. The smallest absolute Gasteiger partial charge is 0.365 e. The number of nitrogens with one attached hydrogen (secondary N) is 1. The van der Waals surface area contributed by atoms with Crippen molar-refractivity contribution in [1.29, 1.82) is 0 Å². The molecule has 1 atom stereocenters. The van der Waals surface area contributed by atoms with E-state index < -0.39 is 36.8 Å². The Morgan fingerprint density at radius 1 is 1.26 bits per heavy atom. The van der Waals surface area contributed by atoms with Crippen LogP contribution in [0.15, 0.2) is 47.5 Å². The molecular formula is C18H17F3N4O5S. The van der Waals surface area contributed by atoms with Gasteiger partial charge in [0.25, 0.3) is 15.5 Å². The number of piperidine rings is 1. The lowest BCUT2D eigenvalue weighted by Crippen LogP contribution is -2.41. The van der Waals surface area contributed by atoms with Crippen molar-refractivity contribution < 1.29 is 31.3 Å². The number of aromatic nitrogens is 1. The number of amides is 1. The number of carbonyl (C=O) groups is 1. The van der Waals surface area contributed by atoms with Gasteiger partial charge in [-0.25, -0.2) is 13.4 Å². The summed E-state index contributed by atoms with van der Waals surface area (Å²) in [5.41, 5.74) is -6.42. The SMILES string of the molecule is O=C(Nc1ccccn1)C1CCCN(c2ccc(S(=O)(=O)C(F)(F)F)cc2[N+](=O)[O-])C1. The second-order valence-corrected chi connectivity index (χ2v) is 8.79. The molecule has 1 N–H and O–H groups in total. The lowest BCUT2D eigenvalue weighted by atomic mass is 9.96. The quantitative estimate of drug-likeness (QED) is 0.539. The van der Waals surface area contributed by atoms with Crippen LogP contribution in [-0.2, 0) is 14.6 Å². The Morgan fingerprint density at radius 3 is 2.61 bits per heavy atom. The van der Waals surface area contributed by atoms with Crippen LogP contribution in [0.25, 0.3) is 0 Å². The van der Waals surface area contributed by atoms with Crippen LogP contribution in [0.5, 0.6) is 0 Å². The highest BCUT2D eigenvalue weighted by atomic mass is 32.2. The standard InChI is InChI=1S/C18H17F3N4O5S/c19-18(20,21)31(29,30)13-6-7-14(15(10-13)25(27)28)24-9-3-4-12(11-24)17(26)23-16-5-1-2-8-22-16/h1-2,5-8,10,12H,3-4,9,11H2,(H,22,23,26). The van der Waals surface area contributed by atoms with Gasteiger partial charge in [-0.05, 0) is 37.1 Å². The molecule has 1 saturated heterocycles. The summed E-state index contributed by atoms with van der Waals surface area (Å²) in [5.74, 6) is -0.548. The molecular weight excluding hydrogens is 441 g/mol. The van der Waals surface area contributed by atoms with Gasteiger partial charge in [-0.15, -0.1) is 0 Å². The third kappa shape index (κ3) is 4.76. The van der Waals surface area contributed by atoms with E-state index in [4.69, 9.17) is 0 Å².